The third kappa shape index (κ3) is 19.9. The summed E-state index contributed by atoms with van der Waals surface area (Å²) in [5.41, 5.74) is 2.55. The first-order valence-corrected chi connectivity index (χ1v) is 27.1. The van der Waals surface area contributed by atoms with Crippen LogP contribution >= 0.6 is 0 Å². The Bertz CT molecular complexity index is 1860. The van der Waals surface area contributed by atoms with Gasteiger partial charge in [0.15, 0.2) is 0 Å². The van der Waals surface area contributed by atoms with Crippen LogP contribution in [0.5, 0.6) is 11.5 Å². The second kappa shape index (κ2) is 33.2. The molecule has 0 aliphatic rings. The highest BCUT2D eigenvalue weighted by atomic mass is 16.3. The number of fused-ring (bicyclic) bond motifs is 2. The number of phenolic OH excluding ortho intramolecular Hbond substituents is 2. The van der Waals surface area contributed by atoms with E-state index < -0.39 is 0 Å². The van der Waals surface area contributed by atoms with E-state index in [-0.39, 0.29) is 34.4 Å². The van der Waals surface area contributed by atoms with Crippen LogP contribution in [0, 0.1) is 0 Å². The highest BCUT2D eigenvalue weighted by molar-refractivity contribution is 6.04. The third-order valence-electron chi connectivity index (χ3n) is 13.7. The fourth-order valence-corrected chi connectivity index (χ4v) is 9.68. The molecule has 364 valence electrons. The van der Waals surface area contributed by atoms with Crippen LogP contribution in [0.3, 0.4) is 0 Å². The van der Waals surface area contributed by atoms with Crippen LogP contribution in [0.25, 0.3) is 21.5 Å². The van der Waals surface area contributed by atoms with Crippen LogP contribution in [0.4, 0.5) is 0 Å². The van der Waals surface area contributed by atoms with Gasteiger partial charge in [0, 0.05) is 24.2 Å². The second-order valence-corrected chi connectivity index (χ2v) is 19.5. The van der Waals surface area contributed by atoms with E-state index in [0.29, 0.717) is 37.1 Å². The minimum atomic E-state index is -0.276. The molecular weight excluding hydrogens is 813 g/mol. The number of aromatic hydroxyl groups is 2. The normalized spacial score (nSPS) is 11.4. The van der Waals surface area contributed by atoms with Gasteiger partial charge >= 0.3 is 0 Å². The zero-order chi connectivity index (χ0) is 47.0. The Labute approximate surface area is 401 Å². The van der Waals surface area contributed by atoms with Gasteiger partial charge in [-0.15, -0.1) is 0 Å². The van der Waals surface area contributed by atoms with E-state index in [2.05, 4.69) is 31.1 Å². The fourth-order valence-electron chi connectivity index (χ4n) is 9.68. The molecule has 0 aromatic heterocycles. The molecule has 0 aliphatic carbocycles. The minimum absolute atomic E-state index is 0.0372. The summed E-state index contributed by atoms with van der Waals surface area (Å²) in [5.74, 6) is -0.626. The Morgan fingerprint density at radius 1 is 0.424 bits per heavy atom. The fraction of sp³-hybridized carbons (Fsp3) is 0.600. The van der Waals surface area contributed by atoms with Crippen molar-refractivity contribution in [2.75, 3.05) is 13.1 Å². The van der Waals surface area contributed by atoms with Crippen molar-refractivity contribution in [3.63, 3.8) is 0 Å². The second-order valence-electron chi connectivity index (χ2n) is 19.5. The Balaban J connectivity index is 1.23. The number of rotatable bonds is 38. The number of hydrogen-bond donors (Lipinski definition) is 4. The van der Waals surface area contributed by atoms with Gasteiger partial charge in [-0.05, 0) is 59.4 Å². The number of amides is 2. The number of phenols is 2. The molecule has 6 nitrogen and oxygen atoms in total. The van der Waals surface area contributed by atoms with E-state index >= 15 is 0 Å². The number of carbonyl (C=O) groups is 2. The largest absolute Gasteiger partial charge is 0.507 e. The van der Waals surface area contributed by atoms with Crippen molar-refractivity contribution in [1.82, 2.24) is 10.6 Å². The molecule has 0 bridgehead atoms. The van der Waals surface area contributed by atoms with Crippen LogP contribution in [0.15, 0.2) is 72.8 Å². The third-order valence-corrected chi connectivity index (χ3v) is 13.7. The first-order valence-electron chi connectivity index (χ1n) is 27.1. The van der Waals surface area contributed by atoms with E-state index in [4.69, 9.17) is 0 Å². The Morgan fingerprint density at radius 2 is 0.697 bits per heavy atom. The summed E-state index contributed by atoms with van der Waals surface area (Å²) in [5, 5.41) is 33.0. The first-order chi connectivity index (χ1) is 32.3. The number of carbonyl (C=O) groups excluding carboxylic acids is 2. The zero-order valence-corrected chi connectivity index (χ0v) is 41.7. The van der Waals surface area contributed by atoms with Gasteiger partial charge in [-0.2, -0.15) is 0 Å². The van der Waals surface area contributed by atoms with Gasteiger partial charge in [0.2, 0.25) is 0 Å². The number of benzene rings is 4. The van der Waals surface area contributed by atoms with Gasteiger partial charge in [0.05, 0.1) is 11.1 Å². The van der Waals surface area contributed by atoms with Crippen molar-refractivity contribution >= 4 is 33.4 Å². The first kappa shape index (κ1) is 54.3. The van der Waals surface area contributed by atoms with Crippen molar-refractivity contribution in [3.05, 3.63) is 95.1 Å². The molecule has 2 amide bonds. The number of nitrogens with one attached hydrogen (secondary N) is 2. The average Bonchev–Trinajstić information content (AvgIpc) is 3.32. The van der Waals surface area contributed by atoms with Gasteiger partial charge in [-0.25, -0.2) is 0 Å². The Hall–Kier alpha value is -4.32. The highest BCUT2D eigenvalue weighted by Crippen LogP contribution is 2.37. The minimum Gasteiger partial charge on any atom is -0.507 e. The summed E-state index contributed by atoms with van der Waals surface area (Å²) < 4.78 is 0. The molecule has 0 heterocycles. The Kier molecular flexibility index (Phi) is 27.3. The van der Waals surface area contributed by atoms with Crippen LogP contribution in [0.2, 0.25) is 0 Å². The van der Waals surface area contributed by atoms with Crippen molar-refractivity contribution in [2.24, 2.45) is 0 Å². The highest BCUT2D eigenvalue weighted by Gasteiger charge is 2.22. The van der Waals surface area contributed by atoms with Gasteiger partial charge in [-0.3, -0.25) is 9.59 Å². The van der Waals surface area contributed by atoms with E-state index in [1.54, 1.807) is 12.1 Å². The lowest BCUT2D eigenvalue weighted by Crippen LogP contribution is -2.25. The number of hydrogen-bond acceptors (Lipinski definition) is 4. The summed E-state index contributed by atoms with van der Waals surface area (Å²) in [6.07, 6.45) is 39.4. The lowest BCUT2D eigenvalue weighted by Gasteiger charge is -2.17. The molecule has 4 aromatic rings. The smallest absolute Gasteiger partial charge is 0.255 e. The topological polar surface area (TPSA) is 98.7 Å². The van der Waals surface area contributed by atoms with Crippen molar-refractivity contribution in [1.29, 1.82) is 0 Å². The molecule has 0 radical (unpaired) electrons. The Morgan fingerprint density at radius 3 is 1.00 bits per heavy atom. The maximum Gasteiger partial charge on any atom is 0.255 e. The quantitative estimate of drug-likeness (QED) is 0.0266. The lowest BCUT2D eigenvalue weighted by molar-refractivity contribution is 0.0941. The van der Waals surface area contributed by atoms with Gasteiger partial charge in [0.1, 0.15) is 11.5 Å². The molecule has 0 unspecified atom stereocenters. The molecule has 6 heteroatoms. The molecule has 0 saturated heterocycles. The zero-order valence-electron chi connectivity index (χ0n) is 41.7. The van der Waals surface area contributed by atoms with Crippen molar-refractivity contribution in [3.8, 4) is 11.5 Å². The van der Waals surface area contributed by atoms with E-state index in [9.17, 15) is 19.8 Å². The molecule has 0 aliphatic heterocycles. The molecule has 0 saturated carbocycles. The van der Waals surface area contributed by atoms with Gasteiger partial charge in [-0.1, -0.05) is 254 Å². The average molecular weight is 903 g/mol. The van der Waals surface area contributed by atoms with E-state index in [1.807, 2.05) is 48.5 Å². The summed E-state index contributed by atoms with van der Waals surface area (Å²) >= 11 is 0. The van der Waals surface area contributed by atoms with Crippen LogP contribution in [-0.2, 0) is 12.8 Å². The summed E-state index contributed by atoms with van der Waals surface area (Å²) in [4.78, 5) is 27.1. The molecule has 66 heavy (non-hydrogen) atoms. The summed E-state index contributed by atoms with van der Waals surface area (Å²) in [6.45, 7) is 10.1. The molecule has 0 fully saturated rings. The maximum absolute atomic E-state index is 13.5. The maximum atomic E-state index is 13.5. The van der Waals surface area contributed by atoms with Crippen molar-refractivity contribution in [2.45, 2.75) is 219 Å². The molecule has 4 N–H and O–H groups in total. The molecular formula is C60H90N2O4. The van der Waals surface area contributed by atoms with Crippen molar-refractivity contribution < 1.29 is 19.8 Å². The SMILES string of the molecule is C=C(Cc1c(O)c(C(=O)NCCCCCCCCCCCCCCCCC)cc2ccccc12)Cc1c(O)c(C(=O)NCCCCCCCCCCCCCCCCC)cc2ccccc12. The van der Waals surface area contributed by atoms with Crippen LogP contribution < -0.4 is 10.6 Å². The number of unbranched alkanes of at least 4 members (excludes halogenated alkanes) is 28. The summed E-state index contributed by atoms with van der Waals surface area (Å²) in [6, 6.07) is 19.2. The molecule has 0 atom stereocenters. The molecule has 4 rings (SSSR count). The van der Waals surface area contributed by atoms with Crippen LogP contribution in [-0.4, -0.2) is 35.1 Å². The van der Waals surface area contributed by atoms with Gasteiger partial charge in [0.25, 0.3) is 11.8 Å². The monoisotopic (exact) mass is 903 g/mol. The van der Waals surface area contributed by atoms with E-state index in [1.165, 1.54) is 167 Å². The molecule has 4 aromatic carbocycles. The number of allylic oxidation sites excluding steroid dienone is 1. The van der Waals surface area contributed by atoms with E-state index in [0.717, 1.165) is 52.8 Å². The predicted octanol–water partition coefficient (Wildman–Crippen LogP) is 16.9. The standard InChI is InChI=1S/C60H90N2O4/c1-4-6-8-10-12-14-16-18-20-22-24-26-28-30-36-42-61-59(65)55-46-49-38-32-34-40-51(49)53(57(55)63)44-48(3)45-54-52-41-35-33-39-50(52)47-56(58(54)64)60(66)62-43-37-31-29-27-25-23-21-19-17-15-13-11-9-7-5-2/h32-35,38-41,46-47,63-64H,3-31,36-37,42-45H2,1-2H3,(H,61,65)(H,62,66). The van der Waals surface area contributed by atoms with Crippen LogP contribution in [0.1, 0.15) is 238 Å². The van der Waals surface area contributed by atoms with Gasteiger partial charge < -0.3 is 20.8 Å². The summed E-state index contributed by atoms with van der Waals surface area (Å²) in [7, 11) is 0. The molecule has 0 spiro atoms. The predicted molar refractivity (Wildman–Crippen MR) is 282 cm³/mol. The lowest BCUT2D eigenvalue weighted by atomic mass is 9.90.